The fraction of sp³-hybridized carbons (Fsp3) is 0.545. The van der Waals surface area contributed by atoms with E-state index in [1.54, 1.807) is 12.3 Å². The van der Waals surface area contributed by atoms with Crippen LogP contribution < -0.4 is 10.6 Å². The maximum atomic E-state index is 8.87. The van der Waals surface area contributed by atoms with Crippen molar-refractivity contribution in [2.24, 2.45) is 5.73 Å². The Morgan fingerprint density at radius 2 is 2.29 bits per heavy atom. The highest BCUT2D eigenvalue weighted by molar-refractivity contribution is 5.93. The average molecular weight is 237 g/mol. The first kappa shape index (κ1) is 13.4. The molecule has 0 radical (unpaired) electrons. The third-order valence-electron chi connectivity index (χ3n) is 2.36. The molecule has 0 spiro atoms. The van der Waals surface area contributed by atoms with Crippen LogP contribution in [0.1, 0.15) is 26.0 Å². The number of nitrogens with one attached hydrogen (secondary N) is 1. The van der Waals surface area contributed by atoms with Crippen LogP contribution in [0.2, 0.25) is 0 Å². The summed E-state index contributed by atoms with van der Waals surface area (Å²) in [5, 5.41) is 16.2. The Hall–Kier alpha value is -1.69. The average Bonchev–Trinajstić information content (AvgIpc) is 2.29. The molecule has 94 valence electrons. The molecule has 17 heavy (non-hydrogen) atoms. The summed E-state index contributed by atoms with van der Waals surface area (Å²) in [4.78, 5) is 10.4. The van der Waals surface area contributed by atoms with Gasteiger partial charge in [0.1, 0.15) is 11.5 Å². The van der Waals surface area contributed by atoms with E-state index in [1.807, 2.05) is 18.7 Å². The number of aliphatic hydroxyl groups excluding tert-OH is 1. The number of rotatable bonds is 6. The van der Waals surface area contributed by atoms with Crippen molar-refractivity contribution in [2.75, 3.05) is 18.1 Å². The predicted molar refractivity (Wildman–Crippen MR) is 67.2 cm³/mol. The fourth-order valence-corrected chi connectivity index (χ4v) is 1.47. The molecule has 0 aromatic carbocycles. The summed E-state index contributed by atoms with van der Waals surface area (Å²) < 4.78 is 0. The smallest absolute Gasteiger partial charge is 0.226 e. The van der Waals surface area contributed by atoms with Crippen molar-refractivity contribution in [3.8, 4) is 0 Å². The standard InChI is InChI=1S/C11H19N5O/c1-8(2)16(6-3-7-17)11-14-5-4-9(15-11)10(12)13/h4-5,8,17H,3,6-7H2,1-2H3,(H3,12,13). The molecule has 0 aliphatic rings. The van der Waals surface area contributed by atoms with Gasteiger partial charge in [-0.3, -0.25) is 5.41 Å². The number of aliphatic hydroxyl groups is 1. The van der Waals surface area contributed by atoms with Crippen LogP contribution in [-0.2, 0) is 0 Å². The lowest BCUT2D eigenvalue weighted by Gasteiger charge is -2.26. The normalized spacial score (nSPS) is 10.6. The third-order valence-corrected chi connectivity index (χ3v) is 2.36. The number of hydrogen-bond acceptors (Lipinski definition) is 5. The minimum atomic E-state index is -0.0699. The van der Waals surface area contributed by atoms with Crippen LogP contribution in [0.15, 0.2) is 12.3 Å². The lowest BCUT2D eigenvalue weighted by Crippen LogP contribution is -2.34. The topological polar surface area (TPSA) is 99.1 Å². The fourth-order valence-electron chi connectivity index (χ4n) is 1.47. The maximum Gasteiger partial charge on any atom is 0.226 e. The second kappa shape index (κ2) is 6.15. The van der Waals surface area contributed by atoms with Gasteiger partial charge in [0.25, 0.3) is 0 Å². The molecule has 0 aliphatic heterocycles. The van der Waals surface area contributed by atoms with Gasteiger partial charge in [-0.2, -0.15) is 0 Å². The molecule has 0 atom stereocenters. The van der Waals surface area contributed by atoms with Crippen molar-refractivity contribution in [2.45, 2.75) is 26.3 Å². The van der Waals surface area contributed by atoms with Gasteiger partial charge >= 0.3 is 0 Å². The molecule has 6 heteroatoms. The maximum absolute atomic E-state index is 8.87. The molecular weight excluding hydrogens is 218 g/mol. The van der Waals surface area contributed by atoms with E-state index in [1.165, 1.54) is 0 Å². The van der Waals surface area contributed by atoms with Gasteiger partial charge in [0.05, 0.1) is 0 Å². The lowest BCUT2D eigenvalue weighted by molar-refractivity contribution is 0.288. The summed E-state index contributed by atoms with van der Waals surface area (Å²) in [5.74, 6) is 0.473. The molecule has 6 nitrogen and oxygen atoms in total. The molecule has 0 amide bonds. The van der Waals surface area contributed by atoms with Crippen molar-refractivity contribution in [3.63, 3.8) is 0 Å². The number of nitrogen functional groups attached to an aromatic ring is 1. The molecule has 0 aliphatic carbocycles. The zero-order chi connectivity index (χ0) is 12.8. The number of hydrogen-bond donors (Lipinski definition) is 3. The first-order chi connectivity index (χ1) is 8.06. The predicted octanol–water partition coefficient (Wildman–Crippen LogP) is 0.358. The van der Waals surface area contributed by atoms with Crippen molar-refractivity contribution in [1.29, 1.82) is 5.41 Å². The minimum Gasteiger partial charge on any atom is -0.396 e. The Bertz CT molecular complexity index is 380. The summed E-state index contributed by atoms with van der Waals surface area (Å²) in [6, 6.07) is 1.83. The Labute approximate surface area is 101 Å². The van der Waals surface area contributed by atoms with E-state index in [9.17, 15) is 0 Å². The molecule has 0 unspecified atom stereocenters. The van der Waals surface area contributed by atoms with Gasteiger partial charge in [0.2, 0.25) is 5.95 Å². The largest absolute Gasteiger partial charge is 0.396 e. The lowest BCUT2D eigenvalue weighted by atomic mass is 10.3. The van der Waals surface area contributed by atoms with E-state index in [-0.39, 0.29) is 18.5 Å². The van der Waals surface area contributed by atoms with E-state index >= 15 is 0 Å². The highest BCUT2D eigenvalue weighted by Crippen LogP contribution is 2.11. The third kappa shape index (κ3) is 3.67. The van der Waals surface area contributed by atoms with Crippen LogP contribution in [0.25, 0.3) is 0 Å². The number of nitrogens with two attached hydrogens (primary N) is 1. The number of aromatic nitrogens is 2. The molecule has 1 aromatic heterocycles. The molecule has 0 bridgehead atoms. The van der Waals surface area contributed by atoms with E-state index in [2.05, 4.69) is 9.97 Å². The van der Waals surface area contributed by atoms with Crippen LogP contribution in [-0.4, -0.2) is 40.1 Å². The number of anilines is 1. The quantitative estimate of drug-likeness (QED) is 0.490. The SMILES string of the molecule is CC(C)N(CCCO)c1nccc(C(=N)N)n1. The molecular formula is C11H19N5O. The number of nitrogens with zero attached hydrogens (tertiary/aromatic N) is 3. The molecule has 1 rings (SSSR count). The Kier molecular flexibility index (Phi) is 4.84. The zero-order valence-electron chi connectivity index (χ0n) is 10.2. The van der Waals surface area contributed by atoms with Crippen molar-refractivity contribution < 1.29 is 5.11 Å². The summed E-state index contributed by atoms with van der Waals surface area (Å²) in [5.41, 5.74) is 5.81. The van der Waals surface area contributed by atoms with E-state index in [0.717, 1.165) is 0 Å². The molecule has 1 aromatic rings. The van der Waals surface area contributed by atoms with Gasteiger partial charge in [-0.25, -0.2) is 9.97 Å². The monoisotopic (exact) mass is 237 g/mol. The van der Waals surface area contributed by atoms with Gasteiger partial charge in [0, 0.05) is 25.4 Å². The van der Waals surface area contributed by atoms with Crippen LogP contribution in [0.4, 0.5) is 5.95 Å². The summed E-state index contributed by atoms with van der Waals surface area (Å²) >= 11 is 0. The molecule has 0 saturated carbocycles. The highest BCUT2D eigenvalue weighted by Gasteiger charge is 2.13. The second-order valence-electron chi connectivity index (χ2n) is 4.02. The van der Waals surface area contributed by atoms with Gasteiger partial charge in [-0.15, -0.1) is 0 Å². The highest BCUT2D eigenvalue weighted by atomic mass is 16.3. The molecule has 0 fully saturated rings. The Balaban J connectivity index is 2.93. The first-order valence-electron chi connectivity index (χ1n) is 5.61. The van der Waals surface area contributed by atoms with Crippen LogP contribution in [0, 0.1) is 5.41 Å². The van der Waals surface area contributed by atoms with E-state index in [0.29, 0.717) is 24.6 Å². The van der Waals surface area contributed by atoms with Crippen molar-refractivity contribution >= 4 is 11.8 Å². The molecule has 0 saturated heterocycles. The first-order valence-corrected chi connectivity index (χ1v) is 5.61. The molecule has 4 N–H and O–H groups in total. The zero-order valence-corrected chi connectivity index (χ0v) is 10.2. The van der Waals surface area contributed by atoms with E-state index < -0.39 is 0 Å². The Morgan fingerprint density at radius 3 is 2.82 bits per heavy atom. The van der Waals surface area contributed by atoms with Crippen LogP contribution >= 0.6 is 0 Å². The van der Waals surface area contributed by atoms with Gasteiger partial charge in [-0.05, 0) is 26.3 Å². The summed E-state index contributed by atoms with van der Waals surface area (Å²) in [6.45, 7) is 4.87. The van der Waals surface area contributed by atoms with Crippen molar-refractivity contribution in [3.05, 3.63) is 18.0 Å². The molecule has 1 heterocycles. The van der Waals surface area contributed by atoms with Crippen molar-refractivity contribution in [1.82, 2.24) is 9.97 Å². The minimum absolute atomic E-state index is 0.0699. The summed E-state index contributed by atoms with van der Waals surface area (Å²) in [7, 11) is 0. The van der Waals surface area contributed by atoms with Gasteiger partial charge in [-0.1, -0.05) is 0 Å². The second-order valence-corrected chi connectivity index (χ2v) is 4.02. The number of amidine groups is 1. The summed E-state index contributed by atoms with van der Waals surface area (Å²) in [6.07, 6.45) is 2.25. The van der Waals surface area contributed by atoms with Gasteiger partial charge < -0.3 is 15.7 Å². The van der Waals surface area contributed by atoms with Gasteiger partial charge in [0.15, 0.2) is 0 Å². The Morgan fingerprint density at radius 1 is 1.59 bits per heavy atom. The van der Waals surface area contributed by atoms with Crippen LogP contribution in [0.5, 0.6) is 0 Å². The van der Waals surface area contributed by atoms with Crippen LogP contribution in [0.3, 0.4) is 0 Å². The van der Waals surface area contributed by atoms with E-state index in [4.69, 9.17) is 16.2 Å².